The highest BCUT2D eigenvalue weighted by atomic mass is 16.6. The highest BCUT2D eigenvalue weighted by Gasteiger charge is 2.78. The van der Waals surface area contributed by atoms with Crippen molar-refractivity contribution >= 4 is 17.8 Å². The minimum Gasteiger partial charge on any atom is -0.461 e. The second-order valence-electron chi connectivity index (χ2n) is 12.2. The molecule has 0 saturated carbocycles. The number of β-amino-alcohol motifs (C(OH)–C–C–N with tert-alkyl or cyclic N) is 1. The predicted octanol–water partition coefficient (Wildman–Crippen LogP) is 2.70. The molecule has 2 unspecified atom stereocenters. The quantitative estimate of drug-likeness (QED) is 0.374. The first-order valence-electron chi connectivity index (χ1n) is 12.5. The molecule has 0 aromatic rings. The van der Waals surface area contributed by atoms with E-state index in [2.05, 4.69) is 33.9 Å². The van der Waals surface area contributed by atoms with Crippen LogP contribution in [0.4, 0.5) is 0 Å². The topological polar surface area (TPSA) is 96.4 Å². The number of carbonyl (C=O) groups excluding carboxylic acids is 3. The third-order valence-corrected chi connectivity index (χ3v) is 7.72. The molecule has 1 spiro atoms. The molecule has 3 rings (SSSR count). The van der Waals surface area contributed by atoms with E-state index in [-0.39, 0.29) is 37.0 Å². The molecule has 2 amide bonds. The molecule has 0 aromatic carbocycles. The summed E-state index contributed by atoms with van der Waals surface area (Å²) in [4.78, 5) is 44.4. The van der Waals surface area contributed by atoms with Crippen LogP contribution in [-0.2, 0) is 23.9 Å². The molecule has 3 fully saturated rings. The van der Waals surface area contributed by atoms with E-state index in [0.29, 0.717) is 19.4 Å². The maximum atomic E-state index is 14.4. The van der Waals surface area contributed by atoms with Crippen molar-refractivity contribution in [3.63, 3.8) is 0 Å². The summed E-state index contributed by atoms with van der Waals surface area (Å²) in [6.45, 7) is 19.7. The van der Waals surface area contributed by atoms with Gasteiger partial charge in [-0.3, -0.25) is 14.4 Å². The molecule has 196 valence electrons. The summed E-state index contributed by atoms with van der Waals surface area (Å²) in [5.41, 5.74) is -2.62. The van der Waals surface area contributed by atoms with Gasteiger partial charge < -0.3 is 24.4 Å². The van der Waals surface area contributed by atoms with Crippen LogP contribution in [0.3, 0.4) is 0 Å². The molecule has 3 heterocycles. The number of fused-ring (bicyclic) bond motifs is 1. The summed E-state index contributed by atoms with van der Waals surface area (Å²) in [7, 11) is 0. The van der Waals surface area contributed by atoms with E-state index >= 15 is 0 Å². The first-order chi connectivity index (χ1) is 16.2. The lowest BCUT2D eigenvalue weighted by Crippen LogP contribution is -2.61. The lowest BCUT2D eigenvalue weighted by Gasteiger charge is -2.45. The normalized spacial score (nSPS) is 31.9. The van der Waals surface area contributed by atoms with Crippen LogP contribution in [-0.4, -0.2) is 81.8 Å². The summed E-state index contributed by atoms with van der Waals surface area (Å²) in [5, 5.41) is 9.79. The number of nitrogens with zero attached hydrogens (tertiary/aromatic N) is 2. The first kappa shape index (κ1) is 27.4. The number of likely N-dealkylation sites (tertiary alicyclic amines) is 1. The van der Waals surface area contributed by atoms with Gasteiger partial charge in [-0.25, -0.2) is 0 Å². The molecular formula is C27H42N2O6. The molecule has 2 bridgehead atoms. The highest BCUT2D eigenvalue weighted by molar-refractivity contribution is 5.98. The molecule has 0 radical (unpaired) electrons. The number of carbonyl (C=O) groups is 3. The van der Waals surface area contributed by atoms with Crippen LogP contribution in [0.25, 0.3) is 0 Å². The van der Waals surface area contributed by atoms with Crippen molar-refractivity contribution in [3.05, 3.63) is 25.3 Å². The largest absolute Gasteiger partial charge is 0.461 e. The fourth-order valence-electron chi connectivity index (χ4n) is 6.95. The summed E-state index contributed by atoms with van der Waals surface area (Å²) in [6.07, 6.45) is 4.91. The second kappa shape index (κ2) is 9.36. The number of aliphatic hydroxyl groups is 1. The Balaban J connectivity index is 2.07. The SMILES string of the molecule is C=CCOC(=O)[C@H]1[C@H]2C(=O)N(CCO)C(C(=O)N(CC=C)C(C)(C)CC(C)(C)C)C23CC[C@]1(C)O3. The lowest BCUT2D eigenvalue weighted by molar-refractivity contribution is -0.161. The van der Waals surface area contributed by atoms with Crippen LogP contribution < -0.4 is 0 Å². The Bertz CT molecular complexity index is 893. The van der Waals surface area contributed by atoms with Crippen molar-refractivity contribution < 1.29 is 29.0 Å². The number of rotatable bonds is 10. The summed E-state index contributed by atoms with van der Waals surface area (Å²) in [6, 6.07) is -0.939. The van der Waals surface area contributed by atoms with E-state index in [0.717, 1.165) is 6.42 Å². The van der Waals surface area contributed by atoms with Crippen LogP contribution in [0.15, 0.2) is 25.3 Å². The summed E-state index contributed by atoms with van der Waals surface area (Å²) in [5.74, 6) is -2.75. The molecule has 3 saturated heterocycles. The third-order valence-electron chi connectivity index (χ3n) is 7.72. The number of ether oxygens (including phenoxy) is 2. The summed E-state index contributed by atoms with van der Waals surface area (Å²) < 4.78 is 11.9. The first-order valence-corrected chi connectivity index (χ1v) is 12.5. The monoisotopic (exact) mass is 490 g/mol. The summed E-state index contributed by atoms with van der Waals surface area (Å²) >= 11 is 0. The highest BCUT2D eigenvalue weighted by Crippen LogP contribution is 2.63. The van der Waals surface area contributed by atoms with Crippen molar-refractivity contribution in [1.29, 1.82) is 0 Å². The zero-order valence-electron chi connectivity index (χ0n) is 22.1. The average Bonchev–Trinajstić information content (AvgIpc) is 3.29. The fraction of sp³-hybridized carbons (Fsp3) is 0.741. The van der Waals surface area contributed by atoms with Crippen molar-refractivity contribution in [3.8, 4) is 0 Å². The van der Waals surface area contributed by atoms with Crippen molar-refractivity contribution in [2.24, 2.45) is 17.3 Å². The molecule has 8 nitrogen and oxygen atoms in total. The van der Waals surface area contributed by atoms with Gasteiger partial charge in [0.15, 0.2) is 0 Å². The zero-order valence-corrected chi connectivity index (χ0v) is 22.1. The Hall–Kier alpha value is -2.19. The Kier molecular flexibility index (Phi) is 7.32. The van der Waals surface area contributed by atoms with Crippen LogP contribution in [0, 0.1) is 17.3 Å². The molecule has 3 aliphatic rings. The molecule has 0 aliphatic carbocycles. The van der Waals surface area contributed by atoms with Gasteiger partial charge in [0, 0.05) is 18.6 Å². The second-order valence-corrected chi connectivity index (χ2v) is 12.2. The van der Waals surface area contributed by atoms with Crippen molar-refractivity contribution in [2.45, 2.75) is 83.6 Å². The molecule has 1 N–H and O–H groups in total. The van der Waals surface area contributed by atoms with Gasteiger partial charge in [-0.2, -0.15) is 0 Å². The minimum atomic E-state index is -1.15. The van der Waals surface area contributed by atoms with Crippen molar-refractivity contribution in [1.82, 2.24) is 9.80 Å². The average molecular weight is 491 g/mol. The number of aliphatic hydroxyl groups excluding tert-OH is 1. The van der Waals surface area contributed by atoms with Gasteiger partial charge >= 0.3 is 5.97 Å². The molecule has 5 atom stereocenters. The molecular weight excluding hydrogens is 448 g/mol. The number of amides is 2. The Morgan fingerprint density at radius 1 is 1.23 bits per heavy atom. The maximum Gasteiger partial charge on any atom is 0.313 e. The smallest absolute Gasteiger partial charge is 0.313 e. The van der Waals surface area contributed by atoms with Gasteiger partial charge in [0.25, 0.3) is 0 Å². The van der Waals surface area contributed by atoms with Crippen LogP contribution in [0.5, 0.6) is 0 Å². The minimum absolute atomic E-state index is 0.0103. The fourth-order valence-corrected chi connectivity index (χ4v) is 6.95. The van der Waals surface area contributed by atoms with E-state index in [9.17, 15) is 19.5 Å². The standard InChI is InChI=1S/C27H42N2O6/c1-9-13-29(25(6,7)17-24(3,4)5)22(32)20-27-12-11-26(8,35-27)19(23(33)34-16-10-2)18(27)21(31)28(20)14-15-30/h9-10,18-20,30H,1-2,11-17H2,3-8H3/t18-,19+,20?,26-,27?/m0/s1. The number of hydrogen-bond donors (Lipinski definition) is 1. The van der Waals surface area contributed by atoms with Gasteiger partial charge in [0.05, 0.1) is 18.1 Å². The van der Waals surface area contributed by atoms with E-state index < -0.39 is 40.6 Å². The third kappa shape index (κ3) is 4.55. The van der Waals surface area contributed by atoms with E-state index in [1.807, 2.05) is 20.8 Å². The maximum absolute atomic E-state index is 14.4. The molecule has 35 heavy (non-hydrogen) atoms. The van der Waals surface area contributed by atoms with Gasteiger partial charge in [-0.1, -0.05) is 39.5 Å². The Labute approximate surface area is 209 Å². The molecule has 3 aliphatic heterocycles. The van der Waals surface area contributed by atoms with Crippen LogP contribution >= 0.6 is 0 Å². The van der Waals surface area contributed by atoms with Crippen LogP contribution in [0.2, 0.25) is 0 Å². The lowest BCUT2D eigenvalue weighted by atomic mass is 9.66. The van der Waals surface area contributed by atoms with Crippen molar-refractivity contribution in [2.75, 3.05) is 26.3 Å². The Morgan fingerprint density at radius 3 is 2.43 bits per heavy atom. The van der Waals surface area contributed by atoms with Gasteiger partial charge in [-0.05, 0) is 45.4 Å². The van der Waals surface area contributed by atoms with Gasteiger partial charge in [0.2, 0.25) is 11.8 Å². The predicted molar refractivity (Wildman–Crippen MR) is 132 cm³/mol. The van der Waals surface area contributed by atoms with Gasteiger partial charge in [-0.15, -0.1) is 6.58 Å². The number of esters is 1. The number of hydrogen-bond acceptors (Lipinski definition) is 6. The van der Waals surface area contributed by atoms with E-state index in [1.54, 1.807) is 11.0 Å². The molecule has 0 aromatic heterocycles. The van der Waals surface area contributed by atoms with Crippen LogP contribution in [0.1, 0.15) is 60.8 Å². The van der Waals surface area contributed by atoms with E-state index in [4.69, 9.17) is 9.47 Å². The molecule has 8 heteroatoms. The Morgan fingerprint density at radius 2 is 1.89 bits per heavy atom. The van der Waals surface area contributed by atoms with E-state index in [1.165, 1.54) is 11.0 Å². The zero-order chi connectivity index (χ0) is 26.4. The van der Waals surface area contributed by atoms with Gasteiger partial charge in [0.1, 0.15) is 24.2 Å².